The lowest BCUT2D eigenvalue weighted by Gasteiger charge is -2.30. The van der Waals surface area contributed by atoms with Crippen LogP contribution < -0.4 is 4.74 Å². The monoisotopic (exact) mass is 340 g/mol. The van der Waals surface area contributed by atoms with Crippen molar-refractivity contribution in [3.8, 4) is 11.5 Å². The Morgan fingerprint density at radius 1 is 0.800 bits per heavy atom. The summed E-state index contributed by atoms with van der Waals surface area (Å²) in [5.74, 6) is 1.26. The van der Waals surface area contributed by atoms with Crippen molar-refractivity contribution in [2.45, 2.75) is 64.7 Å². The van der Waals surface area contributed by atoms with Crippen LogP contribution in [0.25, 0.3) is 0 Å². The number of aromatic hydroxyl groups is 1. The van der Waals surface area contributed by atoms with Crippen LogP contribution in [0.3, 0.4) is 0 Å². The second-order valence-corrected chi connectivity index (χ2v) is 7.02. The minimum absolute atomic E-state index is 0.0631. The van der Waals surface area contributed by atoms with Gasteiger partial charge in [-0.25, -0.2) is 0 Å². The lowest BCUT2D eigenvalue weighted by molar-refractivity contribution is 0.304. The van der Waals surface area contributed by atoms with Crippen molar-refractivity contribution in [3.63, 3.8) is 0 Å². The van der Waals surface area contributed by atoms with Crippen molar-refractivity contribution < 1.29 is 9.84 Å². The number of unbranched alkanes of at least 4 members (excludes halogenated alkanes) is 4. The van der Waals surface area contributed by atoms with Crippen LogP contribution in [0, 0.1) is 0 Å². The summed E-state index contributed by atoms with van der Waals surface area (Å²) in [5.41, 5.74) is 2.43. The molecule has 0 aliphatic carbocycles. The summed E-state index contributed by atoms with van der Waals surface area (Å²) >= 11 is 0. The number of hydrogen-bond acceptors (Lipinski definition) is 2. The predicted octanol–water partition coefficient (Wildman–Crippen LogP) is 6.46. The molecule has 0 saturated heterocycles. The summed E-state index contributed by atoms with van der Waals surface area (Å²) in [6.45, 7) is 7.49. The molecule has 0 fully saturated rings. The fraction of sp³-hybridized carbons (Fsp3) is 0.478. The number of hydrogen-bond donors (Lipinski definition) is 1. The van der Waals surface area contributed by atoms with Crippen molar-refractivity contribution in [3.05, 3.63) is 59.7 Å². The highest BCUT2D eigenvalue weighted by atomic mass is 16.5. The van der Waals surface area contributed by atoms with Gasteiger partial charge in [0.25, 0.3) is 0 Å². The third-order valence-corrected chi connectivity index (χ3v) is 5.22. The fourth-order valence-corrected chi connectivity index (χ4v) is 3.22. The topological polar surface area (TPSA) is 29.5 Å². The molecule has 2 rings (SSSR count). The van der Waals surface area contributed by atoms with Gasteiger partial charge in [0.2, 0.25) is 0 Å². The molecule has 2 heteroatoms. The first kappa shape index (κ1) is 19.4. The summed E-state index contributed by atoms with van der Waals surface area (Å²) in [4.78, 5) is 0. The van der Waals surface area contributed by atoms with E-state index in [4.69, 9.17) is 4.74 Å². The molecule has 1 N–H and O–H groups in total. The van der Waals surface area contributed by atoms with E-state index in [1.807, 2.05) is 12.1 Å². The fourth-order valence-electron chi connectivity index (χ4n) is 3.22. The Morgan fingerprint density at radius 2 is 1.36 bits per heavy atom. The summed E-state index contributed by atoms with van der Waals surface area (Å²) in [5, 5.41) is 9.54. The largest absolute Gasteiger partial charge is 0.508 e. The Kier molecular flexibility index (Phi) is 7.36. The van der Waals surface area contributed by atoms with E-state index in [1.165, 1.54) is 36.8 Å². The van der Waals surface area contributed by atoms with Gasteiger partial charge in [-0.15, -0.1) is 0 Å². The molecule has 0 radical (unpaired) electrons. The Bertz CT molecular complexity index is 616. The average molecular weight is 341 g/mol. The quantitative estimate of drug-likeness (QED) is 0.503. The summed E-state index contributed by atoms with van der Waals surface area (Å²) < 4.78 is 5.88. The van der Waals surface area contributed by atoms with Crippen LogP contribution in [0.15, 0.2) is 48.5 Å². The first-order valence-corrected chi connectivity index (χ1v) is 9.63. The van der Waals surface area contributed by atoms with Crippen LogP contribution in [-0.4, -0.2) is 11.7 Å². The molecule has 1 atom stereocenters. The molecule has 1 unspecified atom stereocenters. The van der Waals surface area contributed by atoms with Gasteiger partial charge in [-0.3, -0.25) is 0 Å². The zero-order valence-electron chi connectivity index (χ0n) is 15.9. The van der Waals surface area contributed by atoms with E-state index >= 15 is 0 Å². The van der Waals surface area contributed by atoms with Crippen LogP contribution >= 0.6 is 0 Å². The highest BCUT2D eigenvalue weighted by Gasteiger charge is 2.26. The first-order valence-electron chi connectivity index (χ1n) is 9.63. The van der Waals surface area contributed by atoms with Gasteiger partial charge < -0.3 is 9.84 Å². The molecular weight excluding hydrogens is 308 g/mol. The molecule has 0 aliphatic rings. The van der Waals surface area contributed by atoms with E-state index in [9.17, 15) is 5.11 Å². The molecule has 0 heterocycles. The van der Waals surface area contributed by atoms with Gasteiger partial charge in [0.1, 0.15) is 11.5 Å². The van der Waals surface area contributed by atoms with E-state index in [2.05, 4.69) is 45.0 Å². The third-order valence-electron chi connectivity index (χ3n) is 5.22. The molecule has 0 saturated carbocycles. The number of benzene rings is 2. The smallest absolute Gasteiger partial charge is 0.119 e. The van der Waals surface area contributed by atoms with Crippen molar-refractivity contribution in [2.75, 3.05) is 6.61 Å². The normalized spacial score (nSPS) is 13.4. The molecule has 0 bridgehead atoms. The van der Waals surface area contributed by atoms with Gasteiger partial charge in [0.15, 0.2) is 0 Å². The maximum absolute atomic E-state index is 9.54. The van der Waals surface area contributed by atoms with Gasteiger partial charge in [-0.05, 0) is 48.2 Å². The summed E-state index contributed by atoms with van der Waals surface area (Å²) in [6.07, 6.45) is 7.28. The van der Waals surface area contributed by atoms with Crippen molar-refractivity contribution in [1.82, 2.24) is 0 Å². The molecule has 25 heavy (non-hydrogen) atoms. The molecule has 2 aromatic rings. The average Bonchev–Trinajstić information content (AvgIpc) is 2.65. The first-order chi connectivity index (χ1) is 12.1. The van der Waals surface area contributed by atoms with Crippen LogP contribution in [0.1, 0.15) is 70.4 Å². The second-order valence-electron chi connectivity index (χ2n) is 7.02. The zero-order valence-corrected chi connectivity index (χ0v) is 15.9. The van der Waals surface area contributed by atoms with Crippen molar-refractivity contribution in [2.24, 2.45) is 0 Å². The van der Waals surface area contributed by atoms with Gasteiger partial charge >= 0.3 is 0 Å². The maximum atomic E-state index is 9.54. The van der Waals surface area contributed by atoms with E-state index in [-0.39, 0.29) is 5.41 Å². The standard InChI is InChI=1S/C23H32O2/c1-4-6-7-8-9-18-25-22-16-12-20(13-17-22)23(3,5-2)19-10-14-21(24)15-11-19/h10-17,24H,4-9,18H2,1-3H3. The van der Waals surface area contributed by atoms with E-state index < -0.39 is 0 Å². The molecule has 2 aromatic carbocycles. The minimum Gasteiger partial charge on any atom is -0.508 e. The molecule has 0 aromatic heterocycles. The number of ether oxygens (including phenoxy) is 1. The summed E-state index contributed by atoms with van der Waals surface area (Å²) in [6, 6.07) is 16.1. The lowest BCUT2D eigenvalue weighted by Crippen LogP contribution is -2.22. The van der Waals surface area contributed by atoms with Crippen LogP contribution in [-0.2, 0) is 5.41 Å². The van der Waals surface area contributed by atoms with Gasteiger partial charge in [-0.2, -0.15) is 0 Å². The van der Waals surface area contributed by atoms with Gasteiger partial charge in [0, 0.05) is 5.41 Å². The van der Waals surface area contributed by atoms with Crippen LogP contribution in [0.5, 0.6) is 11.5 Å². The Labute approximate surface area is 152 Å². The lowest BCUT2D eigenvalue weighted by atomic mass is 9.74. The van der Waals surface area contributed by atoms with Crippen LogP contribution in [0.4, 0.5) is 0 Å². The van der Waals surface area contributed by atoms with Crippen molar-refractivity contribution in [1.29, 1.82) is 0 Å². The number of phenols is 1. The van der Waals surface area contributed by atoms with E-state index in [0.717, 1.165) is 25.2 Å². The molecule has 0 aliphatic heterocycles. The Morgan fingerprint density at radius 3 is 1.92 bits per heavy atom. The Hall–Kier alpha value is -1.96. The van der Waals surface area contributed by atoms with E-state index in [0.29, 0.717) is 5.75 Å². The number of phenolic OH excluding ortho intramolecular Hbond substituents is 1. The highest BCUT2D eigenvalue weighted by Crippen LogP contribution is 2.36. The second kappa shape index (κ2) is 9.50. The molecule has 136 valence electrons. The van der Waals surface area contributed by atoms with Crippen LogP contribution in [0.2, 0.25) is 0 Å². The highest BCUT2D eigenvalue weighted by molar-refractivity contribution is 5.42. The molecule has 0 amide bonds. The third kappa shape index (κ3) is 5.26. The minimum atomic E-state index is -0.0631. The predicted molar refractivity (Wildman–Crippen MR) is 106 cm³/mol. The summed E-state index contributed by atoms with van der Waals surface area (Å²) in [7, 11) is 0. The van der Waals surface area contributed by atoms with E-state index in [1.54, 1.807) is 12.1 Å². The van der Waals surface area contributed by atoms with Gasteiger partial charge in [-0.1, -0.05) is 70.7 Å². The van der Waals surface area contributed by atoms with Gasteiger partial charge in [0.05, 0.1) is 6.61 Å². The SMILES string of the molecule is CCCCCCCOc1ccc(C(C)(CC)c2ccc(O)cc2)cc1. The maximum Gasteiger partial charge on any atom is 0.119 e. The molecule has 0 spiro atoms. The van der Waals surface area contributed by atoms with Crippen molar-refractivity contribution >= 4 is 0 Å². The molecular formula is C23H32O2. The molecule has 2 nitrogen and oxygen atoms in total. The number of rotatable bonds is 10. The zero-order chi connectivity index (χ0) is 18.1. The Balaban J connectivity index is 1.98.